The number of carbonyl (C=O) groups is 2. The summed E-state index contributed by atoms with van der Waals surface area (Å²) in [4.78, 5) is 24.5. The number of rotatable bonds is 7. The lowest BCUT2D eigenvalue weighted by molar-refractivity contribution is -0.130. The third-order valence-corrected chi connectivity index (χ3v) is 5.46. The highest BCUT2D eigenvalue weighted by atomic mass is 35.5. The van der Waals surface area contributed by atoms with Crippen LogP contribution >= 0.6 is 11.6 Å². The number of benzene rings is 2. The van der Waals surface area contributed by atoms with Crippen LogP contribution in [0.2, 0.25) is 5.02 Å². The molecule has 5 heteroatoms. The Morgan fingerprint density at radius 2 is 1.70 bits per heavy atom. The monoisotopic (exact) mass is 384 g/mol. The molecule has 0 saturated heterocycles. The van der Waals surface area contributed by atoms with Crippen molar-refractivity contribution in [2.75, 3.05) is 5.32 Å². The van der Waals surface area contributed by atoms with E-state index >= 15 is 0 Å². The third kappa shape index (κ3) is 4.51. The van der Waals surface area contributed by atoms with Crippen LogP contribution in [0.5, 0.6) is 0 Å². The molecule has 2 aromatic rings. The van der Waals surface area contributed by atoms with E-state index in [0.717, 1.165) is 42.5 Å². The molecule has 2 amide bonds. The van der Waals surface area contributed by atoms with Crippen LogP contribution < -0.4 is 10.6 Å². The summed E-state index contributed by atoms with van der Waals surface area (Å²) < 4.78 is 0. The smallest absolute Gasteiger partial charge is 0.230 e. The zero-order chi connectivity index (χ0) is 19.3. The van der Waals surface area contributed by atoms with Gasteiger partial charge in [0.25, 0.3) is 0 Å². The van der Waals surface area contributed by atoms with Gasteiger partial charge in [0, 0.05) is 23.7 Å². The van der Waals surface area contributed by atoms with E-state index in [1.807, 2.05) is 55.5 Å². The second-order valence-corrected chi connectivity index (χ2v) is 7.56. The summed E-state index contributed by atoms with van der Waals surface area (Å²) in [5.41, 5.74) is 2.38. The van der Waals surface area contributed by atoms with Crippen molar-refractivity contribution in [2.24, 2.45) is 0 Å². The second kappa shape index (κ2) is 8.57. The Kier molecular flexibility index (Phi) is 6.17. The van der Waals surface area contributed by atoms with Crippen molar-refractivity contribution in [3.8, 4) is 0 Å². The second-order valence-electron chi connectivity index (χ2n) is 7.12. The highest BCUT2D eigenvalue weighted by molar-refractivity contribution is 6.30. The summed E-state index contributed by atoms with van der Waals surface area (Å²) >= 11 is 5.98. The molecule has 0 heterocycles. The molecule has 1 fully saturated rings. The van der Waals surface area contributed by atoms with E-state index in [1.54, 1.807) is 0 Å². The summed E-state index contributed by atoms with van der Waals surface area (Å²) in [5.74, 6) is 0.0878. The van der Waals surface area contributed by atoms with Gasteiger partial charge in [-0.15, -0.1) is 0 Å². The lowest BCUT2D eigenvalue weighted by Crippen LogP contribution is -2.48. The standard InChI is InChI=1S/C22H25ClN2O2/c1-2-4-20(26)25-19-11-5-16(6-12-19)15-24-21(27)22(13-3-14-22)17-7-9-18(23)10-8-17/h5-12H,2-4,13-15H2,1H3,(H,24,27)(H,25,26). The maximum absolute atomic E-state index is 12.9. The molecule has 0 bridgehead atoms. The van der Waals surface area contributed by atoms with Crippen LogP contribution in [0.3, 0.4) is 0 Å². The number of halogens is 1. The Morgan fingerprint density at radius 1 is 1.04 bits per heavy atom. The number of carbonyl (C=O) groups excluding carboxylic acids is 2. The molecule has 3 rings (SSSR count). The molecule has 1 saturated carbocycles. The van der Waals surface area contributed by atoms with E-state index in [1.165, 1.54) is 0 Å². The number of hydrogen-bond acceptors (Lipinski definition) is 2. The Balaban J connectivity index is 1.59. The summed E-state index contributed by atoms with van der Waals surface area (Å²) in [5, 5.41) is 6.62. The number of anilines is 1. The summed E-state index contributed by atoms with van der Waals surface area (Å²) in [6.07, 6.45) is 4.13. The van der Waals surface area contributed by atoms with Crippen molar-refractivity contribution in [3.05, 3.63) is 64.7 Å². The van der Waals surface area contributed by atoms with Gasteiger partial charge < -0.3 is 10.6 Å². The van der Waals surface area contributed by atoms with Crippen LogP contribution in [-0.4, -0.2) is 11.8 Å². The van der Waals surface area contributed by atoms with Crippen LogP contribution in [0.25, 0.3) is 0 Å². The quantitative estimate of drug-likeness (QED) is 0.719. The Morgan fingerprint density at radius 3 is 2.26 bits per heavy atom. The largest absolute Gasteiger partial charge is 0.351 e. The van der Waals surface area contributed by atoms with Gasteiger partial charge in [0.05, 0.1) is 5.41 Å². The zero-order valence-electron chi connectivity index (χ0n) is 15.6. The molecule has 0 unspecified atom stereocenters. The van der Waals surface area contributed by atoms with Gasteiger partial charge in [0.15, 0.2) is 0 Å². The fraction of sp³-hybridized carbons (Fsp3) is 0.364. The average molecular weight is 385 g/mol. The molecular weight excluding hydrogens is 360 g/mol. The van der Waals surface area contributed by atoms with E-state index < -0.39 is 5.41 Å². The van der Waals surface area contributed by atoms with E-state index in [9.17, 15) is 9.59 Å². The lowest BCUT2D eigenvalue weighted by Gasteiger charge is -2.40. The molecule has 0 atom stereocenters. The van der Waals surface area contributed by atoms with Crippen molar-refractivity contribution in [1.29, 1.82) is 0 Å². The van der Waals surface area contributed by atoms with Crippen molar-refractivity contribution in [2.45, 2.75) is 51.0 Å². The maximum Gasteiger partial charge on any atom is 0.230 e. The SMILES string of the molecule is CCCC(=O)Nc1ccc(CNC(=O)C2(c3ccc(Cl)cc3)CCC2)cc1. The van der Waals surface area contributed by atoms with Crippen molar-refractivity contribution < 1.29 is 9.59 Å². The van der Waals surface area contributed by atoms with Gasteiger partial charge in [0.2, 0.25) is 11.8 Å². The summed E-state index contributed by atoms with van der Waals surface area (Å²) in [7, 11) is 0. The van der Waals surface area contributed by atoms with Gasteiger partial charge in [0.1, 0.15) is 0 Å². The number of amides is 2. The minimum Gasteiger partial charge on any atom is -0.351 e. The number of nitrogens with one attached hydrogen (secondary N) is 2. The molecule has 1 aliphatic rings. The normalized spacial score (nSPS) is 14.9. The summed E-state index contributed by atoms with van der Waals surface area (Å²) in [6.45, 7) is 2.45. The third-order valence-electron chi connectivity index (χ3n) is 5.21. The molecule has 4 nitrogen and oxygen atoms in total. The van der Waals surface area contributed by atoms with E-state index in [2.05, 4.69) is 10.6 Å². The zero-order valence-corrected chi connectivity index (χ0v) is 16.3. The Bertz CT molecular complexity index is 796. The fourth-order valence-electron chi connectivity index (χ4n) is 3.45. The summed E-state index contributed by atoms with van der Waals surface area (Å²) in [6, 6.07) is 15.2. The predicted octanol–water partition coefficient (Wildman–Crippen LogP) is 4.82. The highest BCUT2D eigenvalue weighted by Gasteiger charge is 2.45. The lowest BCUT2D eigenvalue weighted by atomic mass is 9.64. The molecule has 1 aliphatic carbocycles. The van der Waals surface area contributed by atoms with Crippen molar-refractivity contribution >= 4 is 29.1 Å². The maximum atomic E-state index is 12.9. The van der Waals surface area contributed by atoms with E-state index in [-0.39, 0.29) is 11.8 Å². The van der Waals surface area contributed by atoms with Gasteiger partial charge in [-0.1, -0.05) is 49.2 Å². The average Bonchev–Trinajstić information content (AvgIpc) is 2.62. The first-order chi connectivity index (χ1) is 13.0. The first-order valence-corrected chi connectivity index (χ1v) is 9.84. The minimum absolute atomic E-state index is 0.0217. The van der Waals surface area contributed by atoms with Crippen LogP contribution in [-0.2, 0) is 21.5 Å². The van der Waals surface area contributed by atoms with Gasteiger partial charge >= 0.3 is 0 Å². The highest BCUT2D eigenvalue weighted by Crippen LogP contribution is 2.44. The molecule has 0 spiro atoms. The van der Waals surface area contributed by atoms with Crippen LogP contribution in [0.1, 0.15) is 50.2 Å². The van der Waals surface area contributed by atoms with Crippen LogP contribution in [0.15, 0.2) is 48.5 Å². The molecule has 0 aromatic heterocycles. The molecule has 0 radical (unpaired) electrons. The van der Waals surface area contributed by atoms with E-state index in [0.29, 0.717) is 18.0 Å². The first-order valence-electron chi connectivity index (χ1n) is 9.46. The van der Waals surface area contributed by atoms with Gasteiger partial charge in [-0.3, -0.25) is 9.59 Å². The van der Waals surface area contributed by atoms with Gasteiger partial charge in [-0.25, -0.2) is 0 Å². The molecule has 2 aromatic carbocycles. The fourth-order valence-corrected chi connectivity index (χ4v) is 3.58. The van der Waals surface area contributed by atoms with Crippen LogP contribution in [0, 0.1) is 0 Å². The minimum atomic E-state index is -0.432. The molecule has 27 heavy (non-hydrogen) atoms. The van der Waals surface area contributed by atoms with Crippen molar-refractivity contribution in [1.82, 2.24) is 5.32 Å². The molecular formula is C22H25ClN2O2. The van der Waals surface area contributed by atoms with Crippen LogP contribution in [0.4, 0.5) is 5.69 Å². The predicted molar refractivity (Wildman–Crippen MR) is 109 cm³/mol. The molecule has 2 N–H and O–H groups in total. The Labute approximate surface area is 165 Å². The topological polar surface area (TPSA) is 58.2 Å². The Hall–Kier alpha value is -2.33. The van der Waals surface area contributed by atoms with E-state index in [4.69, 9.17) is 11.6 Å². The first kappa shape index (κ1) is 19.4. The molecule has 142 valence electrons. The molecule has 0 aliphatic heterocycles. The van der Waals surface area contributed by atoms with Crippen molar-refractivity contribution in [3.63, 3.8) is 0 Å². The van der Waals surface area contributed by atoms with Gasteiger partial charge in [-0.2, -0.15) is 0 Å². The van der Waals surface area contributed by atoms with Gasteiger partial charge in [-0.05, 0) is 54.7 Å². The number of hydrogen-bond donors (Lipinski definition) is 2.